The van der Waals surface area contributed by atoms with Gasteiger partial charge >= 0.3 is 0 Å². The maximum absolute atomic E-state index is 13.7. The molecule has 1 aromatic heterocycles. The number of hydrogen-bond acceptors (Lipinski definition) is 2. The van der Waals surface area contributed by atoms with Gasteiger partial charge in [0.1, 0.15) is 5.82 Å². The van der Waals surface area contributed by atoms with Gasteiger partial charge in [0, 0.05) is 39.5 Å². The van der Waals surface area contributed by atoms with Crippen LogP contribution in [0.25, 0.3) is 21.8 Å². The van der Waals surface area contributed by atoms with Crippen molar-refractivity contribution < 1.29 is 9.18 Å². The van der Waals surface area contributed by atoms with Crippen molar-refractivity contribution in [2.45, 2.75) is 31.3 Å². The summed E-state index contributed by atoms with van der Waals surface area (Å²) in [7, 11) is 0. The first-order valence-corrected chi connectivity index (χ1v) is 10.4. The number of halogens is 2. The van der Waals surface area contributed by atoms with E-state index in [-0.39, 0.29) is 16.5 Å². The minimum Gasteiger partial charge on any atom is -0.354 e. The normalized spacial score (nSPS) is 15.3. The largest absolute Gasteiger partial charge is 0.354 e. The van der Waals surface area contributed by atoms with Crippen LogP contribution in [0.1, 0.15) is 40.7 Å². The van der Waals surface area contributed by atoms with E-state index in [1.807, 2.05) is 36.4 Å². The van der Waals surface area contributed by atoms with E-state index in [0.29, 0.717) is 17.6 Å². The third-order valence-electron chi connectivity index (χ3n) is 6.10. The zero-order valence-electron chi connectivity index (χ0n) is 16.3. The first-order valence-electron chi connectivity index (χ1n) is 10.00. The lowest BCUT2D eigenvalue weighted by molar-refractivity contribution is 0.0950. The highest BCUT2D eigenvalue weighted by Gasteiger charge is 2.34. The number of carbonyl (C=O) groups excluding carboxylic acids is 1. The number of benzene rings is 3. The lowest BCUT2D eigenvalue weighted by atomic mass is 9.72. The zero-order chi connectivity index (χ0) is 20.9. The second kappa shape index (κ2) is 7.11. The van der Waals surface area contributed by atoms with Crippen LogP contribution in [0.3, 0.4) is 0 Å². The maximum atomic E-state index is 13.7. The van der Waals surface area contributed by atoms with E-state index in [2.05, 4.69) is 10.3 Å². The fraction of sp³-hybridized carbons (Fsp3) is 0.208. The van der Waals surface area contributed by atoms with E-state index in [1.165, 1.54) is 6.07 Å². The molecule has 1 aliphatic carbocycles. The van der Waals surface area contributed by atoms with Gasteiger partial charge in [-0.05, 0) is 60.7 Å². The quantitative estimate of drug-likeness (QED) is 0.414. The van der Waals surface area contributed by atoms with Crippen molar-refractivity contribution in [3.63, 3.8) is 0 Å². The Balaban J connectivity index is 1.35. The molecular formula is C24H21ClFN3O. The van der Waals surface area contributed by atoms with Crippen LogP contribution < -0.4 is 11.1 Å². The van der Waals surface area contributed by atoms with Crippen molar-refractivity contribution in [3.05, 3.63) is 82.1 Å². The number of fused-ring (bicyclic) bond motifs is 3. The van der Waals surface area contributed by atoms with Crippen molar-refractivity contribution in [1.82, 2.24) is 10.3 Å². The van der Waals surface area contributed by atoms with Crippen LogP contribution in [-0.4, -0.2) is 10.9 Å². The van der Waals surface area contributed by atoms with E-state index < -0.39 is 5.82 Å². The van der Waals surface area contributed by atoms with Crippen molar-refractivity contribution in [2.24, 2.45) is 5.73 Å². The van der Waals surface area contributed by atoms with E-state index >= 15 is 0 Å². The predicted molar refractivity (Wildman–Crippen MR) is 118 cm³/mol. The van der Waals surface area contributed by atoms with Gasteiger partial charge in [-0.25, -0.2) is 4.39 Å². The summed E-state index contributed by atoms with van der Waals surface area (Å²) in [5, 5.41) is 4.90. The Labute approximate surface area is 178 Å². The van der Waals surface area contributed by atoms with Gasteiger partial charge in [0.15, 0.2) is 0 Å². The van der Waals surface area contributed by atoms with Gasteiger partial charge in [0.05, 0.1) is 5.02 Å². The molecule has 0 atom stereocenters. The van der Waals surface area contributed by atoms with Gasteiger partial charge in [-0.2, -0.15) is 0 Å². The minimum atomic E-state index is -0.452. The molecule has 3 aromatic carbocycles. The minimum absolute atomic E-state index is 0.100. The van der Waals surface area contributed by atoms with Crippen LogP contribution in [0.15, 0.2) is 54.6 Å². The highest BCUT2D eigenvalue weighted by Crippen LogP contribution is 2.38. The number of hydrogen-bond donors (Lipinski definition) is 3. The summed E-state index contributed by atoms with van der Waals surface area (Å²) in [6.07, 6.45) is 3.04. The van der Waals surface area contributed by atoms with Gasteiger partial charge in [0.2, 0.25) is 0 Å². The Kier molecular flexibility index (Phi) is 4.53. The van der Waals surface area contributed by atoms with E-state index in [0.717, 1.165) is 46.7 Å². The molecule has 0 saturated heterocycles. The SMILES string of the molecule is NC1(c2cccc(C(=O)NCc3ccc4c(c3)[nH]c3cc(F)c(Cl)cc34)c2)CCC1. The zero-order valence-corrected chi connectivity index (χ0v) is 17.0. The van der Waals surface area contributed by atoms with Crippen LogP contribution in [-0.2, 0) is 12.1 Å². The van der Waals surface area contributed by atoms with E-state index in [9.17, 15) is 9.18 Å². The molecule has 1 fully saturated rings. The van der Waals surface area contributed by atoms with E-state index in [1.54, 1.807) is 12.1 Å². The summed E-state index contributed by atoms with van der Waals surface area (Å²) in [5.74, 6) is -0.586. The van der Waals surface area contributed by atoms with Crippen LogP contribution in [0.4, 0.5) is 4.39 Å². The number of carbonyl (C=O) groups is 1. The lowest BCUT2D eigenvalue weighted by Gasteiger charge is -2.38. The number of nitrogens with one attached hydrogen (secondary N) is 2. The van der Waals surface area contributed by atoms with Crippen molar-refractivity contribution in [3.8, 4) is 0 Å². The van der Waals surface area contributed by atoms with Crippen LogP contribution in [0.2, 0.25) is 5.02 Å². The van der Waals surface area contributed by atoms with Crippen molar-refractivity contribution in [1.29, 1.82) is 0 Å². The summed E-state index contributed by atoms with van der Waals surface area (Å²) >= 11 is 5.93. The Bertz CT molecular complexity index is 1290. The summed E-state index contributed by atoms with van der Waals surface area (Å²) < 4.78 is 13.7. The molecule has 1 aliphatic rings. The third-order valence-corrected chi connectivity index (χ3v) is 6.39. The first kappa shape index (κ1) is 19.1. The number of aromatic nitrogens is 1. The highest BCUT2D eigenvalue weighted by molar-refractivity contribution is 6.32. The fourth-order valence-electron chi connectivity index (χ4n) is 4.16. The molecule has 5 rings (SSSR count). The van der Waals surface area contributed by atoms with Crippen molar-refractivity contribution >= 4 is 39.3 Å². The molecule has 6 heteroatoms. The monoisotopic (exact) mass is 421 g/mol. The van der Waals surface area contributed by atoms with Crippen LogP contribution >= 0.6 is 11.6 Å². The lowest BCUT2D eigenvalue weighted by Crippen LogP contribution is -2.43. The van der Waals surface area contributed by atoms with Gasteiger partial charge in [-0.15, -0.1) is 0 Å². The first-order chi connectivity index (χ1) is 14.4. The maximum Gasteiger partial charge on any atom is 0.251 e. The van der Waals surface area contributed by atoms with Crippen LogP contribution in [0, 0.1) is 5.82 Å². The van der Waals surface area contributed by atoms with Crippen LogP contribution in [0.5, 0.6) is 0 Å². The van der Waals surface area contributed by atoms with Crippen molar-refractivity contribution in [2.75, 3.05) is 0 Å². The molecule has 4 N–H and O–H groups in total. The Morgan fingerprint density at radius 3 is 2.67 bits per heavy atom. The molecule has 30 heavy (non-hydrogen) atoms. The number of rotatable bonds is 4. The smallest absolute Gasteiger partial charge is 0.251 e. The molecule has 0 unspecified atom stereocenters. The van der Waals surface area contributed by atoms with Gasteiger partial charge in [-0.1, -0.05) is 35.9 Å². The molecule has 4 nitrogen and oxygen atoms in total. The number of nitrogens with two attached hydrogens (primary N) is 1. The molecular weight excluding hydrogens is 401 g/mol. The predicted octanol–water partition coefficient (Wildman–Crippen LogP) is 5.38. The Morgan fingerprint density at radius 1 is 1.10 bits per heavy atom. The van der Waals surface area contributed by atoms with Gasteiger partial charge in [0.25, 0.3) is 5.91 Å². The number of amides is 1. The molecule has 1 amide bonds. The summed E-state index contributed by atoms with van der Waals surface area (Å²) in [4.78, 5) is 15.9. The molecule has 0 bridgehead atoms. The average Bonchev–Trinajstić information content (AvgIpc) is 3.07. The molecule has 152 valence electrons. The summed E-state index contributed by atoms with van der Waals surface area (Å²) in [5.41, 5.74) is 10.2. The Hall–Kier alpha value is -2.89. The molecule has 4 aromatic rings. The van der Waals surface area contributed by atoms with Gasteiger partial charge in [-0.3, -0.25) is 4.79 Å². The van der Waals surface area contributed by atoms with E-state index in [4.69, 9.17) is 17.3 Å². The second-order valence-corrected chi connectivity index (χ2v) is 8.50. The topological polar surface area (TPSA) is 70.9 Å². The van der Waals surface area contributed by atoms with Gasteiger partial charge < -0.3 is 16.0 Å². The summed E-state index contributed by atoms with van der Waals surface area (Å²) in [6.45, 7) is 0.386. The number of H-pyrrole nitrogens is 1. The molecule has 1 heterocycles. The molecule has 0 spiro atoms. The summed E-state index contributed by atoms with van der Waals surface area (Å²) in [6, 6.07) is 16.5. The molecule has 0 aliphatic heterocycles. The average molecular weight is 422 g/mol. The highest BCUT2D eigenvalue weighted by atomic mass is 35.5. The fourth-order valence-corrected chi connectivity index (χ4v) is 4.32. The third kappa shape index (κ3) is 3.24. The second-order valence-electron chi connectivity index (χ2n) is 8.09. The number of aromatic amines is 1. The molecule has 0 radical (unpaired) electrons. The Morgan fingerprint density at radius 2 is 1.90 bits per heavy atom. The standard InChI is InChI=1S/C24H21ClFN3O/c25-19-11-18-17-6-5-14(9-21(17)29-22(18)12-20(19)26)13-28-23(30)15-3-1-4-16(10-15)24(27)7-2-8-24/h1,3-6,9-12,29H,2,7-8,13,27H2,(H,28,30). The molecule has 1 saturated carbocycles.